The van der Waals surface area contributed by atoms with E-state index in [0.29, 0.717) is 0 Å². The van der Waals surface area contributed by atoms with Gasteiger partial charge in [0, 0.05) is 0 Å². The van der Waals surface area contributed by atoms with Crippen LogP contribution < -0.4 is 0 Å². The molecule has 292 valence electrons. The molecule has 0 aliphatic heterocycles. The van der Waals surface area contributed by atoms with Crippen LogP contribution >= 0.6 is 0 Å². The SMILES string of the molecule is OB(O)O.OB(O)O.OB(O)O.OB(O)O.OB(O)O.OB(O)O.OB(O)O.OB(O)O.OB(O)O.OB(O)O.OB(O)O.OB(O)O.[KH].[KH]. The van der Waals surface area contributed by atoms with Crippen LogP contribution in [-0.4, -0.2) is 371 Å². The van der Waals surface area contributed by atoms with Gasteiger partial charge in [-0.3, -0.25) is 0 Å². The fraction of sp³-hybridized carbons (Fsp3) is 0. The minimum absolute atomic E-state index is 0. The Balaban J connectivity index is -0.0000000235. The van der Waals surface area contributed by atoms with Gasteiger partial charge in [0.25, 0.3) is 0 Å². The monoisotopic (exact) mass is 824 g/mol. The van der Waals surface area contributed by atoms with Crippen molar-refractivity contribution in [3.8, 4) is 0 Å². The molecule has 0 saturated carbocycles. The van der Waals surface area contributed by atoms with E-state index in [9.17, 15) is 0 Å². The molecular weight excluding hydrogens is 784 g/mol. The summed E-state index contributed by atoms with van der Waals surface area (Å²) in [5.41, 5.74) is 0. The summed E-state index contributed by atoms with van der Waals surface area (Å²) in [6.45, 7) is 0. The molecule has 0 aliphatic carbocycles. The summed E-state index contributed by atoms with van der Waals surface area (Å²) in [6, 6.07) is 0. The maximum absolute atomic E-state index is 7.17. The number of rotatable bonds is 0. The van der Waals surface area contributed by atoms with E-state index in [-0.39, 0.29) is 103 Å². The van der Waals surface area contributed by atoms with Gasteiger partial charge in [-0.1, -0.05) is 0 Å². The first-order valence-electron chi connectivity index (χ1n) is 9.30. The first-order chi connectivity index (χ1) is 20.8. The Bertz CT molecular complexity index is 237. The standard InChI is InChI=1S/12BH3O3.2K.2H/c12*2-1(3)4;;;;/h12*2-4H;;;;. The van der Waals surface area contributed by atoms with Gasteiger partial charge in [-0.05, 0) is 0 Å². The van der Waals surface area contributed by atoms with Gasteiger partial charge in [-0.15, -0.1) is 0 Å². The zero-order valence-corrected chi connectivity index (χ0v) is 23.0. The van der Waals surface area contributed by atoms with Gasteiger partial charge in [0.1, 0.15) is 0 Å². The first-order valence-corrected chi connectivity index (χ1v) is 9.30. The molecule has 36 nitrogen and oxygen atoms in total. The number of hydrogen-bond acceptors (Lipinski definition) is 36. The molecule has 0 rings (SSSR count). The second kappa shape index (κ2) is 88.7. The molecule has 50 heteroatoms. The molecular formula is H38B12K2O36. The summed E-state index contributed by atoms with van der Waals surface area (Å²) in [6.07, 6.45) is 0. The second-order valence-corrected chi connectivity index (χ2v) is 4.16. The molecule has 0 aromatic heterocycles. The van der Waals surface area contributed by atoms with E-state index < -0.39 is 87.9 Å². The molecule has 0 aromatic rings. The van der Waals surface area contributed by atoms with Crippen LogP contribution in [0.5, 0.6) is 0 Å². The van der Waals surface area contributed by atoms with E-state index in [4.69, 9.17) is 181 Å². The summed E-state index contributed by atoms with van der Waals surface area (Å²) in [4.78, 5) is 0. The van der Waals surface area contributed by atoms with Crippen LogP contribution in [0.2, 0.25) is 0 Å². The van der Waals surface area contributed by atoms with Crippen molar-refractivity contribution in [1.29, 1.82) is 0 Å². The molecule has 0 saturated heterocycles. The average Bonchev–Trinajstić information content (AvgIpc) is 2.61. The van der Waals surface area contributed by atoms with E-state index in [1.807, 2.05) is 0 Å². The topological polar surface area (TPSA) is 728 Å². The van der Waals surface area contributed by atoms with Crippen LogP contribution in [-0.2, 0) is 0 Å². The molecule has 0 unspecified atom stereocenters. The van der Waals surface area contributed by atoms with Crippen LogP contribution in [0.15, 0.2) is 0 Å². The number of hydrogen-bond donors (Lipinski definition) is 36. The molecule has 0 amide bonds. The van der Waals surface area contributed by atoms with E-state index in [1.54, 1.807) is 0 Å². The van der Waals surface area contributed by atoms with Crippen molar-refractivity contribution in [3.05, 3.63) is 0 Å². The molecule has 0 radical (unpaired) electrons. The zero-order valence-electron chi connectivity index (χ0n) is 23.0. The van der Waals surface area contributed by atoms with Gasteiger partial charge in [0.2, 0.25) is 0 Å². The third-order valence-electron chi connectivity index (χ3n) is 0. The van der Waals surface area contributed by atoms with Crippen LogP contribution in [0, 0.1) is 0 Å². The minimum atomic E-state index is -2.17. The van der Waals surface area contributed by atoms with E-state index in [2.05, 4.69) is 0 Å². The predicted octanol–water partition coefficient (Wildman–Crippen LogP) is -25.9. The molecule has 0 atom stereocenters. The Morgan fingerprint density at radius 3 is 0.100 bits per heavy atom. The molecule has 0 aromatic carbocycles. The molecule has 0 heterocycles. The molecule has 50 heavy (non-hydrogen) atoms. The Hall–Kier alpha value is 2.61. The second-order valence-electron chi connectivity index (χ2n) is 4.16. The molecule has 0 spiro atoms. The maximum atomic E-state index is 7.17. The van der Waals surface area contributed by atoms with Crippen LogP contribution in [0.3, 0.4) is 0 Å². The van der Waals surface area contributed by atoms with Gasteiger partial charge >= 0.3 is 191 Å². The molecule has 0 fully saturated rings. The van der Waals surface area contributed by atoms with E-state index in [0.717, 1.165) is 0 Å². The Labute approximate surface area is 367 Å². The van der Waals surface area contributed by atoms with Crippen LogP contribution in [0.25, 0.3) is 0 Å². The molecule has 36 N–H and O–H groups in total. The Morgan fingerprint density at radius 1 is 0.100 bits per heavy atom. The molecule has 0 bridgehead atoms. The summed E-state index contributed by atoms with van der Waals surface area (Å²) in [5.74, 6) is 0. The first kappa shape index (κ1) is 94.0. The normalized spacial score (nSPS) is 6.48. The predicted molar refractivity (Wildman–Crippen MR) is 163 cm³/mol. The fourth-order valence-electron chi connectivity index (χ4n) is 0. The van der Waals surface area contributed by atoms with Crippen molar-refractivity contribution >= 4 is 191 Å². The molecule has 0 aliphatic rings. The van der Waals surface area contributed by atoms with Crippen molar-refractivity contribution in [1.82, 2.24) is 0 Å². The summed E-state index contributed by atoms with van der Waals surface area (Å²) in [7, 11) is -26.0. The van der Waals surface area contributed by atoms with Crippen molar-refractivity contribution < 1.29 is 181 Å². The fourth-order valence-corrected chi connectivity index (χ4v) is 0. The quantitative estimate of drug-likeness (QED) is 0.101. The van der Waals surface area contributed by atoms with Gasteiger partial charge in [-0.2, -0.15) is 0 Å². The van der Waals surface area contributed by atoms with Crippen molar-refractivity contribution in [2.75, 3.05) is 0 Å². The van der Waals surface area contributed by atoms with Crippen molar-refractivity contribution in [2.24, 2.45) is 0 Å². The summed E-state index contributed by atoms with van der Waals surface area (Å²) < 4.78 is 0. The summed E-state index contributed by atoms with van der Waals surface area (Å²) >= 11 is 0. The van der Waals surface area contributed by atoms with E-state index in [1.165, 1.54) is 0 Å². The van der Waals surface area contributed by atoms with Crippen LogP contribution in [0.4, 0.5) is 0 Å². The third kappa shape index (κ3) is 18300. The van der Waals surface area contributed by atoms with Crippen LogP contribution in [0.1, 0.15) is 0 Å². The van der Waals surface area contributed by atoms with Crippen molar-refractivity contribution in [2.45, 2.75) is 0 Å². The summed E-state index contributed by atoms with van der Waals surface area (Å²) in [5, 5.41) is 258. The average molecular weight is 822 g/mol. The van der Waals surface area contributed by atoms with Gasteiger partial charge in [0.05, 0.1) is 0 Å². The Kier molecular flexibility index (Phi) is 167. The van der Waals surface area contributed by atoms with Gasteiger partial charge in [0.15, 0.2) is 0 Å². The third-order valence-corrected chi connectivity index (χ3v) is 0. The zero-order chi connectivity index (χ0) is 42.9. The van der Waals surface area contributed by atoms with Gasteiger partial charge in [-0.25, -0.2) is 0 Å². The van der Waals surface area contributed by atoms with E-state index >= 15 is 0 Å². The van der Waals surface area contributed by atoms with Gasteiger partial charge < -0.3 is 181 Å². The Morgan fingerprint density at radius 2 is 0.100 bits per heavy atom. The van der Waals surface area contributed by atoms with Crippen molar-refractivity contribution in [3.63, 3.8) is 0 Å².